The number of phenols is 1. The number of rotatable bonds is 3. The summed E-state index contributed by atoms with van der Waals surface area (Å²) in [6.45, 7) is 6.72. The predicted octanol–water partition coefficient (Wildman–Crippen LogP) is 2.25. The Morgan fingerprint density at radius 3 is 2.75 bits per heavy atom. The Labute approximate surface area is 117 Å². The molecule has 0 fully saturated rings. The summed E-state index contributed by atoms with van der Waals surface area (Å²) in [7, 11) is 0. The number of carbonyl (C=O) groups is 2. The molecule has 0 bridgehead atoms. The van der Waals surface area contributed by atoms with Crippen LogP contribution < -0.4 is 10.6 Å². The number of ketones is 1. The molecule has 3 N–H and O–H groups in total. The van der Waals surface area contributed by atoms with E-state index in [-0.39, 0.29) is 11.5 Å². The van der Waals surface area contributed by atoms with Crippen molar-refractivity contribution in [2.75, 3.05) is 0 Å². The summed E-state index contributed by atoms with van der Waals surface area (Å²) in [6.07, 6.45) is 1.52. The number of para-hydroxylation sites is 1. The number of benzene rings is 1. The number of nitrogens with one attached hydrogen (secondary N) is 2. The Morgan fingerprint density at radius 2 is 2.15 bits per heavy atom. The van der Waals surface area contributed by atoms with E-state index < -0.39 is 12.1 Å². The van der Waals surface area contributed by atoms with Gasteiger partial charge in [-0.15, -0.1) is 0 Å². The van der Waals surface area contributed by atoms with Crippen LogP contribution in [0.5, 0.6) is 5.75 Å². The van der Waals surface area contributed by atoms with E-state index in [9.17, 15) is 14.7 Å². The summed E-state index contributed by atoms with van der Waals surface area (Å²) in [5.74, 6) is -0.148. The Hall–Kier alpha value is -2.56. The van der Waals surface area contributed by atoms with Crippen molar-refractivity contribution < 1.29 is 14.7 Å². The lowest BCUT2D eigenvalue weighted by molar-refractivity contribution is -0.114. The van der Waals surface area contributed by atoms with Gasteiger partial charge in [-0.05, 0) is 13.8 Å². The molecule has 2 rings (SSSR count). The monoisotopic (exact) mass is 272 g/mol. The van der Waals surface area contributed by atoms with Crippen LogP contribution in [-0.2, 0) is 4.79 Å². The molecule has 1 aliphatic heterocycles. The number of urea groups is 1. The van der Waals surface area contributed by atoms with Crippen molar-refractivity contribution >= 4 is 17.9 Å². The average Bonchev–Trinajstić information content (AvgIpc) is 2.37. The first kappa shape index (κ1) is 13.9. The highest BCUT2D eigenvalue weighted by Crippen LogP contribution is 2.34. The first-order valence-corrected chi connectivity index (χ1v) is 6.19. The van der Waals surface area contributed by atoms with Gasteiger partial charge in [0.2, 0.25) is 0 Å². The number of amides is 2. The molecule has 104 valence electrons. The molecule has 1 aliphatic rings. The number of hydrogen-bond donors (Lipinski definition) is 3. The first-order valence-electron chi connectivity index (χ1n) is 6.19. The van der Waals surface area contributed by atoms with E-state index in [1.807, 2.05) is 0 Å². The molecule has 0 radical (unpaired) electrons. The van der Waals surface area contributed by atoms with Gasteiger partial charge >= 0.3 is 6.03 Å². The van der Waals surface area contributed by atoms with E-state index in [1.54, 1.807) is 25.1 Å². The Bertz CT molecular complexity index is 632. The summed E-state index contributed by atoms with van der Waals surface area (Å²) in [6, 6.07) is 4.06. The fraction of sp³-hybridized carbons (Fsp3) is 0.200. The summed E-state index contributed by atoms with van der Waals surface area (Å²) in [5.41, 5.74) is 1.95. The number of allylic oxidation sites excluding steroid dienone is 1. The highest BCUT2D eigenvalue weighted by Gasteiger charge is 2.31. The van der Waals surface area contributed by atoms with Crippen LogP contribution in [0.3, 0.4) is 0 Å². The molecule has 0 aliphatic carbocycles. The van der Waals surface area contributed by atoms with Gasteiger partial charge in [0.1, 0.15) is 5.75 Å². The minimum atomic E-state index is -0.666. The van der Waals surface area contributed by atoms with Crippen LogP contribution >= 0.6 is 0 Å². The van der Waals surface area contributed by atoms with E-state index in [0.29, 0.717) is 22.4 Å². The van der Waals surface area contributed by atoms with Gasteiger partial charge in [0.15, 0.2) is 5.78 Å². The number of phenolic OH excluding ortho intramolecular Hbond substituents is 1. The quantitative estimate of drug-likeness (QED) is 0.789. The van der Waals surface area contributed by atoms with Crippen molar-refractivity contribution in [3.63, 3.8) is 0 Å². The highest BCUT2D eigenvalue weighted by atomic mass is 16.3. The minimum absolute atomic E-state index is 0.0150. The number of Topliss-reactive ketones (excluding diaryl/α,β-unsaturated/α-hetero) is 1. The second-order valence-corrected chi connectivity index (χ2v) is 4.62. The average molecular weight is 272 g/mol. The zero-order valence-electron chi connectivity index (χ0n) is 11.4. The molecule has 0 unspecified atom stereocenters. The SMILES string of the molecule is C=Cc1cccc([C@H]2NC(=O)NC(C)=C2C(C)=O)c1O. The maximum absolute atomic E-state index is 11.8. The fourth-order valence-electron chi connectivity index (χ4n) is 2.37. The third kappa shape index (κ3) is 2.30. The second kappa shape index (κ2) is 5.21. The van der Waals surface area contributed by atoms with Gasteiger partial charge in [-0.3, -0.25) is 4.79 Å². The first-order chi connectivity index (χ1) is 9.45. The Balaban J connectivity index is 2.60. The van der Waals surface area contributed by atoms with Gasteiger partial charge in [-0.1, -0.05) is 30.9 Å². The maximum atomic E-state index is 11.8. The topological polar surface area (TPSA) is 78.4 Å². The van der Waals surface area contributed by atoms with E-state index in [0.717, 1.165) is 0 Å². The number of hydrogen-bond acceptors (Lipinski definition) is 3. The van der Waals surface area contributed by atoms with Crippen LogP contribution in [0.4, 0.5) is 4.79 Å². The molecular formula is C15H16N2O3. The van der Waals surface area contributed by atoms with Crippen LogP contribution in [0, 0.1) is 0 Å². The fourth-order valence-corrected chi connectivity index (χ4v) is 2.37. The summed E-state index contributed by atoms with van der Waals surface area (Å²) in [5, 5.41) is 15.5. The van der Waals surface area contributed by atoms with E-state index in [1.165, 1.54) is 13.0 Å². The molecule has 5 nitrogen and oxygen atoms in total. The molecule has 1 heterocycles. The van der Waals surface area contributed by atoms with Gasteiger partial charge < -0.3 is 15.7 Å². The van der Waals surface area contributed by atoms with Gasteiger partial charge in [0.05, 0.1) is 6.04 Å². The summed E-state index contributed by atoms with van der Waals surface area (Å²) in [4.78, 5) is 23.4. The molecule has 0 spiro atoms. The molecule has 1 aromatic rings. The van der Waals surface area contributed by atoms with E-state index >= 15 is 0 Å². The largest absolute Gasteiger partial charge is 0.507 e. The zero-order valence-corrected chi connectivity index (χ0v) is 11.4. The lowest BCUT2D eigenvalue weighted by atomic mass is 9.91. The number of aromatic hydroxyl groups is 1. The minimum Gasteiger partial charge on any atom is -0.507 e. The van der Waals surface area contributed by atoms with Crippen molar-refractivity contribution in [1.29, 1.82) is 0 Å². The molecule has 2 amide bonds. The second-order valence-electron chi connectivity index (χ2n) is 4.62. The third-order valence-electron chi connectivity index (χ3n) is 3.28. The van der Waals surface area contributed by atoms with Crippen LogP contribution in [0.15, 0.2) is 36.0 Å². The standard InChI is InChI=1S/C15H16N2O3/c1-4-10-6-5-7-11(14(10)19)13-12(9(3)18)8(2)16-15(20)17-13/h4-7,13,19H,1H2,2-3H3,(H2,16,17,20)/t13-/m1/s1. The Morgan fingerprint density at radius 1 is 1.45 bits per heavy atom. The van der Waals surface area contributed by atoms with Crippen LogP contribution in [0.25, 0.3) is 6.08 Å². The van der Waals surface area contributed by atoms with Gasteiger partial charge in [0.25, 0.3) is 0 Å². The summed E-state index contributed by atoms with van der Waals surface area (Å²) < 4.78 is 0. The van der Waals surface area contributed by atoms with Gasteiger partial charge in [0, 0.05) is 22.4 Å². The van der Waals surface area contributed by atoms with Crippen molar-refractivity contribution in [2.24, 2.45) is 0 Å². The lowest BCUT2D eigenvalue weighted by Gasteiger charge is -2.28. The number of carbonyl (C=O) groups excluding carboxylic acids is 2. The van der Waals surface area contributed by atoms with Gasteiger partial charge in [-0.2, -0.15) is 0 Å². The van der Waals surface area contributed by atoms with Gasteiger partial charge in [-0.25, -0.2) is 4.79 Å². The molecule has 0 aromatic heterocycles. The molecule has 5 heteroatoms. The zero-order chi connectivity index (χ0) is 14.9. The predicted molar refractivity (Wildman–Crippen MR) is 76.0 cm³/mol. The van der Waals surface area contributed by atoms with Crippen molar-refractivity contribution in [2.45, 2.75) is 19.9 Å². The van der Waals surface area contributed by atoms with Crippen LogP contribution in [-0.4, -0.2) is 16.9 Å². The van der Waals surface area contributed by atoms with Crippen molar-refractivity contribution in [1.82, 2.24) is 10.6 Å². The van der Waals surface area contributed by atoms with E-state index in [2.05, 4.69) is 17.2 Å². The third-order valence-corrected chi connectivity index (χ3v) is 3.28. The molecule has 1 aromatic carbocycles. The van der Waals surface area contributed by atoms with Crippen molar-refractivity contribution in [3.8, 4) is 5.75 Å². The van der Waals surface area contributed by atoms with Crippen molar-refractivity contribution in [3.05, 3.63) is 47.2 Å². The van der Waals surface area contributed by atoms with Crippen LogP contribution in [0.2, 0.25) is 0 Å². The normalized spacial score (nSPS) is 18.3. The van der Waals surface area contributed by atoms with E-state index in [4.69, 9.17) is 0 Å². The molecule has 20 heavy (non-hydrogen) atoms. The molecule has 0 saturated carbocycles. The van der Waals surface area contributed by atoms with Crippen LogP contribution in [0.1, 0.15) is 31.0 Å². The summed E-state index contributed by atoms with van der Waals surface area (Å²) >= 11 is 0. The smallest absolute Gasteiger partial charge is 0.319 e. The lowest BCUT2D eigenvalue weighted by Crippen LogP contribution is -2.44. The molecular weight excluding hydrogens is 256 g/mol. The maximum Gasteiger partial charge on any atom is 0.319 e. The molecule has 1 atom stereocenters. The Kier molecular flexibility index (Phi) is 3.61. The highest BCUT2D eigenvalue weighted by molar-refractivity contribution is 5.98. The molecule has 0 saturated heterocycles.